The first-order valence-electron chi connectivity index (χ1n) is 9.25. The Morgan fingerprint density at radius 2 is 1.76 bits per heavy atom. The summed E-state index contributed by atoms with van der Waals surface area (Å²) < 4.78 is 44.9. The number of benzene rings is 2. The van der Waals surface area contributed by atoms with Crippen molar-refractivity contribution in [3.8, 4) is 0 Å². The second kappa shape index (κ2) is 8.79. The molecule has 2 aromatic carbocycles. The Kier molecular flexibility index (Phi) is 6.39. The molecule has 0 aliphatic carbocycles. The summed E-state index contributed by atoms with van der Waals surface area (Å²) in [5, 5.41) is 2.70. The Morgan fingerprint density at radius 3 is 2.34 bits per heavy atom. The third-order valence-electron chi connectivity index (χ3n) is 4.69. The number of hydrogen-bond donors (Lipinski definition) is 1. The summed E-state index contributed by atoms with van der Waals surface area (Å²) in [6.07, 6.45) is 0.945. The van der Waals surface area contributed by atoms with E-state index in [0.29, 0.717) is 18.9 Å². The normalized spacial score (nSPS) is 15.6. The standard InChI is InChI=1S/C20H24FN3O4S/c1-15(24(29(2,26)27)19-6-4-3-5-18(19)21)20(25)22-16-7-9-17(10-8-16)23-11-13-28-14-12-23/h3-10,15H,11-14H2,1-2H3,(H,22,25). The van der Waals surface area contributed by atoms with Crippen molar-refractivity contribution in [2.75, 3.05) is 47.1 Å². The minimum absolute atomic E-state index is 0.166. The van der Waals surface area contributed by atoms with Gasteiger partial charge in [0.25, 0.3) is 0 Å². The van der Waals surface area contributed by atoms with E-state index in [1.807, 2.05) is 12.1 Å². The molecule has 0 radical (unpaired) electrons. The molecule has 1 heterocycles. The van der Waals surface area contributed by atoms with Gasteiger partial charge < -0.3 is 15.0 Å². The van der Waals surface area contributed by atoms with Crippen LogP contribution in [-0.4, -0.2) is 52.9 Å². The van der Waals surface area contributed by atoms with Crippen LogP contribution in [0, 0.1) is 5.82 Å². The second-order valence-electron chi connectivity index (χ2n) is 6.82. The summed E-state index contributed by atoms with van der Waals surface area (Å²) in [6.45, 7) is 4.37. The van der Waals surface area contributed by atoms with Gasteiger partial charge in [0.05, 0.1) is 25.2 Å². The molecule has 1 N–H and O–H groups in total. The number of anilines is 3. The minimum atomic E-state index is -3.88. The lowest BCUT2D eigenvalue weighted by molar-refractivity contribution is -0.116. The molecule has 9 heteroatoms. The van der Waals surface area contributed by atoms with E-state index in [1.54, 1.807) is 12.1 Å². The lowest BCUT2D eigenvalue weighted by atomic mass is 10.2. The first kappa shape index (κ1) is 21.1. The number of carbonyl (C=O) groups excluding carboxylic acids is 1. The highest BCUT2D eigenvalue weighted by atomic mass is 32.2. The van der Waals surface area contributed by atoms with Crippen LogP contribution in [0.1, 0.15) is 6.92 Å². The number of halogens is 1. The topological polar surface area (TPSA) is 79.0 Å². The predicted octanol–water partition coefficient (Wildman–Crippen LogP) is 2.46. The molecular formula is C20H24FN3O4S. The van der Waals surface area contributed by atoms with Gasteiger partial charge in [-0.25, -0.2) is 12.8 Å². The van der Waals surface area contributed by atoms with Crippen LogP contribution >= 0.6 is 0 Å². The fourth-order valence-electron chi connectivity index (χ4n) is 3.24. The number of morpholine rings is 1. The van der Waals surface area contributed by atoms with Gasteiger partial charge in [-0.15, -0.1) is 0 Å². The van der Waals surface area contributed by atoms with E-state index in [-0.39, 0.29) is 5.69 Å². The molecule has 3 rings (SSSR count). The fraction of sp³-hybridized carbons (Fsp3) is 0.350. The maximum atomic E-state index is 14.2. The van der Waals surface area contributed by atoms with Crippen molar-refractivity contribution in [1.29, 1.82) is 0 Å². The number of rotatable bonds is 6. The van der Waals surface area contributed by atoms with Crippen LogP contribution < -0.4 is 14.5 Å². The number of sulfonamides is 1. The average molecular weight is 421 g/mol. The molecule has 0 bridgehead atoms. The maximum absolute atomic E-state index is 14.2. The Labute approximate surface area is 170 Å². The van der Waals surface area contributed by atoms with E-state index >= 15 is 0 Å². The number of carbonyl (C=O) groups is 1. The molecule has 29 heavy (non-hydrogen) atoms. The van der Waals surface area contributed by atoms with Crippen LogP contribution in [0.4, 0.5) is 21.5 Å². The van der Waals surface area contributed by atoms with Gasteiger partial charge in [0.2, 0.25) is 15.9 Å². The monoisotopic (exact) mass is 421 g/mol. The van der Waals surface area contributed by atoms with Crippen LogP contribution in [0.2, 0.25) is 0 Å². The molecule has 0 aromatic heterocycles. The zero-order valence-corrected chi connectivity index (χ0v) is 17.2. The van der Waals surface area contributed by atoms with Gasteiger partial charge in [-0.2, -0.15) is 0 Å². The van der Waals surface area contributed by atoms with E-state index in [4.69, 9.17) is 4.74 Å². The predicted molar refractivity (Wildman–Crippen MR) is 111 cm³/mol. The first-order valence-corrected chi connectivity index (χ1v) is 11.1. The molecule has 156 valence electrons. The van der Waals surface area contributed by atoms with Crippen molar-refractivity contribution in [3.05, 3.63) is 54.3 Å². The molecule has 0 spiro atoms. The summed E-state index contributed by atoms with van der Waals surface area (Å²) in [4.78, 5) is 14.9. The number of para-hydroxylation sites is 1. The highest BCUT2D eigenvalue weighted by Crippen LogP contribution is 2.25. The largest absolute Gasteiger partial charge is 0.378 e. The second-order valence-corrected chi connectivity index (χ2v) is 8.68. The number of hydrogen-bond acceptors (Lipinski definition) is 5. The zero-order chi connectivity index (χ0) is 21.0. The summed E-state index contributed by atoms with van der Waals surface area (Å²) in [5.74, 6) is -1.27. The number of ether oxygens (including phenoxy) is 1. The van der Waals surface area contributed by atoms with Crippen molar-refractivity contribution in [1.82, 2.24) is 0 Å². The smallest absolute Gasteiger partial charge is 0.247 e. The average Bonchev–Trinajstić information content (AvgIpc) is 2.70. The molecule has 1 amide bonds. The van der Waals surface area contributed by atoms with Gasteiger partial charge in [-0.3, -0.25) is 9.10 Å². The third-order valence-corrected chi connectivity index (χ3v) is 5.92. The molecule has 1 saturated heterocycles. The van der Waals surface area contributed by atoms with Gasteiger partial charge >= 0.3 is 0 Å². The lowest BCUT2D eigenvalue weighted by Gasteiger charge is -2.29. The summed E-state index contributed by atoms with van der Waals surface area (Å²) >= 11 is 0. The van der Waals surface area contributed by atoms with Crippen molar-refractivity contribution < 1.29 is 22.3 Å². The van der Waals surface area contributed by atoms with Gasteiger partial charge in [0.15, 0.2) is 0 Å². The van der Waals surface area contributed by atoms with Gasteiger partial charge in [0, 0.05) is 24.5 Å². The zero-order valence-electron chi connectivity index (χ0n) is 16.3. The van der Waals surface area contributed by atoms with Crippen molar-refractivity contribution in [2.45, 2.75) is 13.0 Å². The molecule has 1 fully saturated rings. The molecule has 1 aliphatic heterocycles. The summed E-state index contributed by atoms with van der Waals surface area (Å²) in [7, 11) is -3.88. The van der Waals surface area contributed by atoms with Gasteiger partial charge in [-0.1, -0.05) is 12.1 Å². The molecule has 1 aliphatic rings. The number of nitrogens with one attached hydrogen (secondary N) is 1. The summed E-state index contributed by atoms with van der Waals surface area (Å²) in [6, 6.07) is 11.6. The highest BCUT2D eigenvalue weighted by Gasteiger charge is 2.31. The van der Waals surface area contributed by atoms with Gasteiger partial charge in [-0.05, 0) is 43.3 Å². The van der Waals surface area contributed by atoms with E-state index in [2.05, 4.69) is 10.2 Å². The van der Waals surface area contributed by atoms with Crippen LogP contribution in [0.25, 0.3) is 0 Å². The van der Waals surface area contributed by atoms with Crippen LogP contribution in [0.5, 0.6) is 0 Å². The molecule has 7 nitrogen and oxygen atoms in total. The maximum Gasteiger partial charge on any atom is 0.247 e. The van der Waals surface area contributed by atoms with E-state index < -0.39 is 27.8 Å². The van der Waals surface area contributed by atoms with Crippen molar-refractivity contribution >= 4 is 33.0 Å². The SMILES string of the molecule is CC(C(=O)Nc1ccc(N2CCOCC2)cc1)N(c1ccccc1F)S(C)(=O)=O. The van der Waals surface area contributed by atoms with Crippen LogP contribution in [0.3, 0.4) is 0 Å². The minimum Gasteiger partial charge on any atom is -0.378 e. The van der Waals surface area contributed by atoms with Crippen LogP contribution in [0.15, 0.2) is 48.5 Å². The summed E-state index contributed by atoms with van der Waals surface area (Å²) in [5.41, 5.74) is 1.38. The first-order chi connectivity index (χ1) is 13.8. The quantitative estimate of drug-likeness (QED) is 0.775. The Balaban J connectivity index is 1.75. The third kappa shape index (κ3) is 5.04. The van der Waals surface area contributed by atoms with Gasteiger partial charge in [0.1, 0.15) is 11.9 Å². The Hall–Kier alpha value is -2.65. The molecule has 1 unspecified atom stereocenters. The number of amides is 1. The molecule has 2 aromatic rings. The van der Waals surface area contributed by atoms with Crippen molar-refractivity contribution in [2.24, 2.45) is 0 Å². The molecular weight excluding hydrogens is 397 g/mol. The van der Waals surface area contributed by atoms with E-state index in [0.717, 1.165) is 35.4 Å². The van der Waals surface area contributed by atoms with Crippen LogP contribution in [-0.2, 0) is 19.6 Å². The lowest BCUT2D eigenvalue weighted by Crippen LogP contribution is -2.45. The molecule has 0 saturated carbocycles. The Bertz CT molecular complexity index is 960. The molecule has 1 atom stereocenters. The van der Waals surface area contributed by atoms with Crippen molar-refractivity contribution in [3.63, 3.8) is 0 Å². The highest BCUT2D eigenvalue weighted by molar-refractivity contribution is 7.92. The van der Waals surface area contributed by atoms with E-state index in [1.165, 1.54) is 25.1 Å². The number of nitrogens with zero attached hydrogens (tertiary/aromatic N) is 2. The van der Waals surface area contributed by atoms with E-state index in [9.17, 15) is 17.6 Å². The Morgan fingerprint density at radius 1 is 1.14 bits per heavy atom. The fourth-order valence-corrected chi connectivity index (χ4v) is 4.41.